The van der Waals surface area contributed by atoms with Crippen molar-refractivity contribution < 1.29 is 0 Å². The fourth-order valence-corrected chi connectivity index (χ4v) is 1.54. The number of halogens is 1. The first-order valence-electron chi connectivity index (χ1n) is 6.11. The molecule has 2 rings (SSSR count). The summed E-state index contributed by atoms with van der Waals surface area (Å²) < 4.78 is 0. The van der Waals surface area contributed by atoms with Gasteiger partial charge in [-0.05, 0) is 36.4 Å². The van der Waals surface area contributed by atoms with Gasteiger partial charge in [-0.2, -0.15) is 15.5 Å². The molecule has 0 heterocycles. The van der Waals surface area contributed by atoms with Gasteiger partial charge in [-0.1, -0.05) is 29.8 Å². The van der Waals surface area contributed by atoms with Crippen molar-refractivity contribution in [3.8, 4) is 6.07 Å². The third kappa shape index (κ3) is 4.97. The van der Waals surface area contributed by atoms with Gasteiger partial charge in [-0.25, -0.2) is 0 Å². The van der Waals surface area contributed by atoms with Crippen LogP contribution in [-0.2, 0) is 0 Å². The highest BCUT2D eigenvalue weighted by molar-refractivity contribution is 6.38. The van der Waals surface area contributed by atoms with Crippen molar-refractivity contribution >= 4 is 34.9 Å². The van der Waals surface area contributed by atoms with Gasteiger partial charge in [0.25, 0.3) is 0 Å². The molecule has 0 aliphatic heterocycles. The highest BCUT2D eigenvalue weighted by atomic mass is 35.5. The molecule has 2 aromatic rings. The van der Waals surface area contributed by atoms with E-state index in [2.05, 4.69) is 21.1 Å². The first-order chi connectivity index (χ1) is 10.3. The number of hydrogen-bond donors (Lipinski definition) is 2. The summed E-state index contributed by atoms with van der Waals surface area (Å²) in [6.07, 6.45) is 1.34. The van der Waals surface area contributed by atoms with Crippen molar-refractivity contribution in [3.05, 3.63) is 59.6 Å². The molecule has 2 N–H and O–H groups in total. The Morgan fingerprint density at radius 1 is 1.00 bits per heavy atom. The molecule has 104 valence electrons. The van der Waals surface area contributed by atoms with Gasteiger partial charge in [-0.3, -0.25) is 10.9 Å². The normalized spacial score (nSPS) is 11.1. The third-order valence-electron chi connectivity index (χ3n) is 2.42. The second-order valence-electron chi connectivity index (χ2n) is 3.96. The first kappa shape index (κ1) is 14.6. The number of anilines is 2. The largest absolute Gasteiger partial charge is 0.278 e. The fraction of sp³-hybridized carbons (Fsp3) is 0. The lowest BCUT2D eigenvalue weighted by Crippen LogP contribution is -2.02. The molecule has 0 saturated carbocycles. The number of rotatable bonds is 5. The molecule has 21 heavy (non-hydrogen) atoms. The molecule has 2 aromatic carbocycles. The Labute approximate surface area is 127 Å². The first-order valence-corrected chi connectivity index (χ1v) is 6.49. The maximum absolute atomic E-state index is 8.98. The molecule has 0 aliphatic rings. The second-order valence-corrected chi connectivity index (χ2v) is 4.40. The van der Waals surface area contributed by atoms with E-state index in [1.807, 2.05) is 36.4 Å². The summed E-state index contributed by atoms with van der Waals surface area (Å²) in [4.78, 5) is 0. The van der Waals surface area contributed by atoms with Crippen molar-refractivity contribution in [2.75, 3.05) is 10.9 Å². The van der Waals surface area contributed by atoms with Gasteiger partial charge in [0.2, 0.25) is 0 Å². The topological polar surface area (TPSA) is 72.6 Å². The van der Waals surface area contributed by atoms with Gasteiger partial charge in [-0.15, -0.1) is 0 Å². The minimum atomic E-state index is 0.147. The van der Waals surface area contributed by atoms with E-state index in [0.717, 1.165) is 11.4 Å². The number of nitrogens with zero attached hydrogens (tertiary/aromatic N) is 3. The van der Waals surface area contributed by atoms with Crippen LogP contribution in [-0.4, -0.2) is 11.9 Å². The molecule has 0 fully saturated rings. The molecule has 0 amide bonds. The lowest BCUT2D eigenvalue weighted by Gasteiger charge is -2.00. The molecule has 6 heteroatoms. The van der Waals surface area contributed by atoms with E-state index < -0.39 is 0 Å². The Bertz CT molecular complexity index is 671. The number of nitriles is 1. The summed E-state index contributed by atoms with van der Waals surface area (Å²) in [6.45, 7) is 0. The smallest absolute Gasteiger partial charge is 0.180 e. The summed E-state index contributed by atoms with van der Waals surface area (Å²) in [5.41, 5.74) is 7.28. The van der Waals surface area contributed by atoms with Gasteiger partial charge < -0.3 is 0 Å². The molecule has 0 unspecified atom stereocenters. The molecule has 0 atom stereocenters. The Hall–Kier alpha value is -2.84. The van der Waals surface area contributed by atoms with Crippen molar-refractivity contribution in [1.82, 2.24) is 0 Å². The molecular formula is C15H12ClN5. The van der Waals surface area contributed by atoms with Gasteiger partial charge in [0.15, 0.2) is 5.71 Å². The van der Waals surface area contributed by atoms with Crippen molar-refractivity contribution in [1.29, 1.82) is 5.26 Å². The van der Waals surface area contributed by atoms with Gasteiger partial charge >= 0.3 is 0 Å². The van der Waals surface area contributed by atoms with Crippen LogP contribution in [0.25, 0.3) is 0 Å². The van der Waals surface area contributed by atoms with Crippen LogP contribution in [0.4, 0.5) is 11.4 Å². The van der Waals surface area contributed by atoms with Crippen LogP contribution < -0.4 is 10.9 Å². The number of benzene rings is 2. The zero-order valence-corrected chi connectivity index (χ0v) is 11.7. The van der Waals surface area contributed by atoms with E-state index in [-0.39, 0.29) is 5.71 Å². The molecule has 0 radical (unpaired) electrons. The van der Waals surface area contributed by atoms with E-state index in [1.54, 1.807) is 24.3 Å². The van der Waals surface area contributed by atoms with Crippen molar-refractivity contribution in [2.45, 2.75) is 0 Å². The van der Waals surface area contributed by atoms with E-state index >= 15 is 0 Å². The molecule has 0 aromatic heterocycles. The van der Waals surface area contributed by atoms with Crippen LogP contribution in [0, 0.1) is 11.3 Å². The Morgan fingerprint density at radius 3 is 2.33 bits per heavy atom. The summed E-state index contributed by atoms with van der Waals surface area (Å²) in [5.74, 6) is 0. The van der Waals surface area contributed by atoms with E-state index in [1.165, 1.54) is 6.21 Å². The summed E-state index contributed by atoms with van der Waals surface area (Å²) in [5, 5.41) is 17.5. The predicted molar refractivity (Wildman–Crippen MR) is 86.7 cm³/mol. The van der Waals surface area contributed by atoms with E-state index in [4.69, 9.17) is 16.9 Å². The summed E-state index contributed by atoms with van der Waals surface area (Å²) in [7, 11) is 0. The number of hydrogen-bond acceptors (Lipinski definition) is 5. The molecule has 0 spiro atoms. The van der Waals surface area contributed by atoms with Gasteiger partial charge in [0, 0.05) is 5.02 Å². The summed E-state index contributed by atoms with van der Waals surface area (Å²) >= 11 is 5.78. The SMILES string of the molecule is N#CC(/C=N/Nc1ccccc1)=N/Nc1ccc(Cl)cc1. The quantitative estimate of drug-likeness (QED) is 0.652. The number of hydrazone groups is 2. The van der Waals surface area contributed by atoms with Crippen LogP contribution in [0.15, 0.2) is 64.8 Å². The maximum Gasteiger partial charge on any atom is 0.180 e. The molecule has 0 saturated heterocycles. The van der Waals surface area contributed by atoms with Crippen LogP contribution in [0.1, 0.15) is 0 Å². The Kier molecular flexibility index (Phi) is 5.33. The zero-order chi connectivity index (χ0) is 14.9. The third-order valence-corrected chi connectivity index (χ3v) is 2.67. The van der Waals surface area contributed by atoms with E-state index in [9.17, 15) is 0 Å². The van der Waals surface area contributed by atoms with Gasteiger partial charge in [0.1, 0.15) is 6.07 Å². The van der Waals surface area contributed by atoms with E-state index in [0.29, 0.717) is 5.02 Å². The Morgan fingerprint density at radius 2 is 1.67 bits per heavy atom. The van der Waals surface area contributed by atoms with Crippen LogP contribution in [0.3, 0.4) is 0 Å². The average molecular weight is 298 g/mol. The standard InChI is InChI=1S/C15H12ClN5/c16-12-6-8-14(9-7-12)20-21-15(10-17)11-18-19-13-4-2-1-3-5-13/h1-9,11,19-20H/b18-11+,21-15-. The number of para-hydroxylation sites is 1. The molecular weight excluding hydrogens is 286 g/mol. The molecule has 0 bridgehead atoms. The predicted octanol–water partition coefficient (Wildman–Crippen LogP) is 3.73. The lowest BCUT2D eigenvalue weighted by molar-refractivity contribution is 1.33. The zero-order valence-electron chi connectivity index (χ0n) is 11.0. The highest BCUT2D eigenvalue weighted by Crippen LogP contribution is 2.13. The fourth-order valence-electron chi connectivity index (χ4n) is 1.41. The van der Waals surface area contributed by atoms with Crippen molar-refractivity contribution in [2.24, 2.45) is 10.2 Å². The molecule has 0 aliphatic carbocycles. The van der Waals surface area contributed by atoms with Crippen molar-refractivity contribution in [3.63, 3.8) is 0 Å². The second kappa shape index (κ2) is 7.68. The number of nitrogens with one attached hydrogen (secondary N) is 2. The van der Waals surface area contributed by atoms with Crippen LogP contribution in [0.5, 0.6) is 0 Å². The van der Waals surface area contributed by atoms with Crippen LogP contribution >= 0.6 is 11.6 Å². The maximum atomic E-state index is 8.98. The molecule has 5 nitrogen and oxygen atoms in total. The monoisotopic (exact) mass is 297 g/mol. The highest BCUT2D eigenvalue weighted by Gasteiger charge is 1.94. The van der Waals surface area contributed by atoms with Crippen LogP contribution in [0.2, 0.25) is 5.02 Å². The minimum absolute atomic E-state index is 0.147. The van der Waals surface area contributed by atoms with Gasteiger partial charge in [0.05, 0.1) is 17.6 Å². The lowest BCUT2D eigenvalue weighted by atomic mass is 10.3. The summed E-state index contributed by atoms with van der Waals surface area (Å²) in [6, 6.07) is 18.4. The average Bonchev–Trinajstić information content (AvgIpc) is 2.53. The minimum Gasteiger partial charge on any atom is -0.278 e. The Balaban J connectivity index is 1.94.